The number of thiol groups is 2. The van der Waals surface area contributed by atoms with E-state index in [2.05, 4.69) is 34.7 Å². The summed E-state index contributed by atoms with van der Waals surface area (Å²) in [4.78, 5) is 21.7. The summed E-state index contributed by atoms with van der Waals surface area (Å²) in [6, 6.07) is 0. The van der Waals surface area contributed by atoms with Crippen molar-refractivity contribution in [2.75, 3.05) is 0 Å². The van der Waals surface area contributed by atoms with Gasteiger partial charge in [-0.15, -0.1) is 25.3 Å². The molecule has 2 atom stereocenters. The van der Waals surface area contributed by atoms with Gasteiger partial charge in [-0.1, -0.05) is 0 Å². The predicted molar refractivity (Wildman–Crippen MR) is 53.7 cm³/mol. The Bertz CT molecular complexity index is 171. The normalized spacial score (nSPS) is 14.5. The third-order valence-electron chi connectivity index (χ3n) is 0.893. The molecule has 0 N–H and O–H groups in total. The highest BCUT2D eigenvalue weighted by Crippen LogP contribution is 2.02. The summed E-state index contributed by atoms with van der Waals surface area (Å²) >= 11 is 7.64. The molecule has 13 heavy (non-hydrogen) atoms. The molecule has 2 unspecified atom stereocenters. The molecule has 0 amide bonds. The summed E-state index contributed by atoms with van der Waals surface area (Å²) in [5, 5.41) is 0. The number of rotatable bonds is 4. The van der Waals surface area contributed by atoms with E-state index in [1.807, 2.05) is 0 Å². The van der Waals surface area contributed by atoms with E-state index in [4.69, 9.17) is 0 Å². The van der Waals surface area contributed by atoms with Crippen molar-refractivity contribution in [3.05, 3.63) is 0 Å². The molecule has 0 aliphatic heterocycles. The van der Waals surface area contributed by atoms with Gasteiger partial charge in [0.1, 0.15) is 17.3 Å². The lowest BCUT2D eigenvalue weighted by molar-refractivity contribution is -0.155. The first-order valence-corrected chi connectivity index (χ1v) is 4.70. The average Bonchev–Trinajstić information content (AvgIpc) is 1.80. The van der Waals surface area contributed by atoms with Crippen molar-refractivity contribution < 1.29 is 19.1 Å². The lowest BCUT2D eigenvalue weighted by atomic mass is 10.4. The molecule has 0 bridgehead atoms. The van der Waals surface area contributed by atoms with E-state index in [0.29, 0.717) is 0 Å². The van der Waals surface area contributed by atoms with Gasteiger partial charge in [-0.2, -0.15) is 0 Å². The molecule has 0 aliphatic rings. The third kappa shape index (κ3) is 7.98. The molecule has 0 aromatic carbocycles. The highest BCUT2D eigenvalue weighted by molar-refractivity contribution is 7.80. The summed E-state index contributed by atoms with van der Waals surface area (Å²) in [7, 11) is 0. The van der Waals surface area contributed by atoms with Crippen LogP contribution in [0.2, 0.25) is 0 Å². The fourth-order valence-corrected chi connectivity index (χ4v) is 0.817. The minimum Gasteiger partial charge on any atom is -0.451 e. The number of ether oxygens (including phenoxy) is 2. The zero-order valence-corrected chi connectivity index (χ0v) is 9.18. The summed E-state index contributed by atoms with van der Waals surface area (Å²) in [5.41, 5.74) is -1.04. The van der Waals surface area contributed by atoms with Gasteiger partial charge in [-0.05, 0) is 13.8 Å². The fraction of sp³-hybridized carbons (Fsp3) is 0.714. The summed E-state index contributed by atoms with van der Waals surface area (Å²) in [6.07, 6.45) is -0.407. The fourth-order valence-electron chi connectivity index (χ4n) is 0.582. The smallest absolute Gasteiger partial charge is 0.318 e. The van der Waals surface area contributed by atoms with E-state index in [9.17, 15) is 9.59 Å². The Hall–Kier alpha value is -0.360. The second-order valence-electron chi connectivity index (χ2n) is 2.36. The molecule has 0 saturated heterocycles. The monoisotopic (exact) mass is 224 g/mol. The number of carbonyl (C=O) groups excluding carboxylic acids is 2. The van der Waals surface area contributed by atoms with E-state index in [0.717, 1.165) is 0 Å². The second-order valence-corrected chi connectivity index (χ2v) is 3.81. The van der Waals surface area contributed by atoms with Gasteiger partial charge in [0.05, 0.1) is 0 Å². The topological polar surface area (TPSA) is 52.6 Å². The molecule has 0 fully saturated rings. The van der Waals surface area contributed by atoms with Crippen LogP contribution in [0.4, 0.5) is 0 Å². The SMILES string of the molecule is CC(S)OC(=O)CC(=O)OC(C)S. The maximum Gasteiger partial charge on any atom is 0.318 e. The molecule has 0 aliphatic carbocycles. The van der Waals surface area contributed by atoms with Crippen molar-refractivity contribution >= 4 is 37.2 Å². The highest BCUT2D eigenvalue weighted by atomic mass is 32.1. The first kappa shape index (κ1) is 12.6. The van der Waals surface area contributed by atoms with Gasteiger partial charge < -0.3 is 9.47 Å². The maximum atomic E-state index is 10.8. The van der Waals surface area contributed by atoms with Crippen LogP contribution in [0.25, 0.3) is 0 Å². The Balaban J connectivity index is 3.72. The van der Waals surface area contributed by atoms with Crippen molar-refractivity contribution in [1.29, 1.82) is 0 Å². The molecule has 0 spiro atoms. The lowest BCUT2D eigenvalue weighted by Gasteiger charge is -2.08. The molecule has 0 saturated carbocycles. The largest absolute Gasteiger partial charge is 0.451 e. The van der Waals surface area contributed by atoms with E-state index in [-0.39, 0.29) is 0 Å². The molecular weight excluding hydrogens is 212 g/mol. The van der Waals surface area contributed by atoms with Gasteiger partial charge in [-0.25, -0.2) is 0 Å². The molecule has 0 aromatic rings. The van der Waals surface area contributed by atoms with Crippen LogP contribution in [0.5, 0.6) is 0 Å². The Labute approximate surface area is 87.8 Å². The van der Waals surface area contributed by atoms with Gasteiger partial charge >= 0.3 is 11.9 Å². The molecule has 76 valence electrons. The lowest BCUT2D eigenvalue weighted by Crippen LogP contribution is -2.18. The predicted octanol–water partition coefficient (Wildman–Crippen LogP) is 1.01. The summed E-state index contributed by atoms with van der Waals surface area (Å²) < 4.78 is 9.20. The Morgan fingerprint density at radius 3 is 1.62 bits per heavy atom. The molecule has 0 aromatic heterocycles. The van der Waals surface area contributed by atoms with Crippen LogP contribution in [0, 0.1) is 0 Å². The average molecular weight is 224 g/mol. The third-order valence-corrected chi connectivity index (χ3v) is 1.10. The molecule has 0 radical (unpaired) electrons. The van der Waals surface area contributed by atoms with Gasteiger partial charge in [0.15, 0.2) is 0 Å². The summed E-state index contributed by atoms with van der Waals surface area (Å²) in [6.45, 7) is 3.15. The van der Waals surface area contributed by atoms with Crippen molar-refractivity contribution in [3.63, 3.8) is 0 Å². The van der Waals surface area contributed by atoms with Crippen LogP contribution >= 0.6 is 25.3 Å². The molecule has 4 nitrogen and oxygen atoms in total. The minimum atomic E-state index is -0.651. The molecule has 0 heterocycles. The minimum absolute atomic E-state index is 0.407. The van der Waals surface area contributed by atoms with Crippen molar-refractivity contribution in [2.24, 2.45) is 0 Å². The van der Waals surface area contributed by atoms with Crippen molar-refractivity contribution in [1.82, 2.24) is 0 Å². The van der Waals surface area contributed by atoms with Gasteiger partial charge in [0.25, 0.3) is 0 Å². The van der Waals surface area contributed by atoms with Crippen molar-refractivity contribution in [3.8, 4) is 0 Å². The standard InChI is InChI=1S/C7H12O4S2/c1-4(12)10-6(8)3-7(9)11-5(2)13/h4-5,12-13H,3H2,1-2H3. The van der Waals surface area contributed by atoms with Gasteiger partial charge in [0.2, 0.25) is 0 Å². The maximum absolute atomic E-state index is 10.8. The molecular formula is C7H12O4S2. The quantitative estimate of drug-likeness (QED) is 0.324. The number of hydrogen-bond donors (Lipinski definition) is 2. The van der Waals surface area contributed by atoms with Crippen LogP contribution in [0.3, 0.4) is 0 Å². The van der Waals surface area contributed by atoms with Crippen LogP contribution in [0.1, 0.15) is 20.3 Å². The van der Waals surface area contributed by atoms with Gasteiger partial charge in [-0.3, -0.25) is 9.59 Å². The Morgan fingerprint density at radius 2 is 1.38 bits per heavy atom. The van der Waals surface area contributed by atoms with E-state index in [1.54, 1.807) is 13.8 Å². The van der Waals surface area contributed by atoms with E-state index >= 15 is 0 Å². The number of carbonyl (C=O) groups is 2. The zero-order chi connectivity index (χ0) is 10.4. The van der Waals surface area contributed by atoms with Gasteiger partial charge in [0, 0.05) is 0 Å². The first-order valence-electron chi connectivity index (χ1n) is 3.67. The van der Waals surface area contributed by atoms with Crippen LogP contribution in [0.15, 0.2) is 0 Å². The molecule has 6 heteroatoms. The van der Waals surface area contributed by atoms with Crippen LogP contribution in [-0.4, -0.2) is 22.8 Å². The number of hydrogen-bond acceptors (Lipinski definition) is 6. The number of esters is 2. The first-order chi connectivity index (χ1) is 5.91. The Morgan fingerprint density at radius 1 is 1.08 bits per heavy atom. The van der Waals surface area contributed by atoms with Crippen LogP contribution < -0.4 is 0 Å². The van der Waals surface area contributed by atoms with E-state index in [1.165, 1.54) is 0 Å². The zero-order valence-electron chi connectivity index (χ0n) is 7.39. The Kier molecular flexibility index (Phi) is 5.98. The van der Waals surface area contributed by atoms with Crippen LogP contribution in [-0.2, 0) is 19.1 Å². The second kappa shape index (κ2) is 6.15. The summed E-state index contributed by atoms with van der Waals surface area (Å²) in [5.74, 6) is -1.30. The van der Waals surface area contributed by atoms with E-state index < -0.39 is 29.2 Å². The molecule has 0 rings (SSSR count). The highest BCUT2D eigenvalue weighted by Gasteiger charge is 2.14. The van der Waals surface area contributed by atoms with Crippen molar-refractivity contribution in [2.45, 2.75) is 31.1 Å².